The Morgan fingerprint density at radius 1 is 0.246 bits per heavy atom. The van der Waals surface area contributed by atoms with Crippen molar-refractivity contribution in [1.29, 1.82) is 0 Å². The van der Waals surface area contributed by atoms with Crippen LogP contribution in [-0.4, -0.2) is 12.9 Å². The predicted molar refractivity (Wildman–Crippen MR) is 593 cm³/mol. The second kappa shape index (κ2) is 44.8. The first-order chi connectivity index (χ1) is 66.8. The van der Waals surface area contributed by atoms with E-state index in [1.165, 1.54) is 167 Å². The maximum Gasteiger partial charge on any atom is 0.189 e. The number of ether oxygens (including phenoxy) is 2. The molecule has 4 bridgehead atoms. The lowest BCUT2D eigenvalue weighted by atomic mass is 9.55. The molecule has 4 saturated carbocycles. The van der Waals surface area contributed by atoms with Crippen molar-refractivity contribution in [3.05, 3.63) is 475 Å². The van der Waals surface area contributed by atoms with E-state index in [2.05, 4.69) is 534 Å². The Bertz CT molecular complexity index is 6580. The van der Waals surface area contributed by atoms with Crippen molar-refractivity contribution in [1.82, 2.24) is 0 Å². The molecule has 7 heteroatoms. The van der Waals surface area contributed by atoms with E-state index in [0.29, 0.717) is 12.9 Å². The zero-order valence-corrected chi connectivity index (χ0v) is 87.1. The van der Waals surface area contributed by atoms with Crippen LogP contribution in [0.25, 0.3) is 32.3 Å². The summed E-state index contributed by atoms with van der Waals surface area (Å²) in [6, 6.07) is 154. The molecule has 0 aromatic heterocycles. The Balaban J connectivity index is 0.000000120. The Hall–Kier alpha value is -11.5. The zero-order chi connectivity index (χ0) is 95.9. The molecule has 0 saturated heterocycles. The highest BCUT2D eigenvalue weighted by Crippen LogP contribution is 2.55. The zero-order valence-electron chi connectivity index (χ0n) is 83.0. The quantitative estimate of drug-likeness (QED) is 0.0593. The van der Waals surface area contributed by atoms with Gasteiger partial charge in [0.05, 0.1) is 49.7 Å². The molecule has 0 N–H and O–H groups in total. The number of fused-ring (bicyclic) bond motifs is 3. The molecule has 5 aliphatic carbocycles. The number of benzene rings is 17. The Morgan fingerprint density at radius 3 is 0.833 bits per heavy atom. The fourth-order valence-electron chi connectivity index (χ4n) is 20.3. The Labute approximate surface area is 838 Å². The van der Waals surface area contributed by atoms with Gasteiger partial charge in [0, 0.05) is 34.7 Å². The maximum absolute atomic E-state index is 6.43. The fraction of sp³-hybridized carbons (Fsp3) is 0.237. The Kier molecular flexibility index (Phi) is 31.8. The summed E-state index contributed by atoms with van der Waals surface area (Å²) in [6.45, 7) is 32.2. The molecule has 0 unspecified atom stereocenters. The second-order valence-electron chi connectivity index (χ2n) is 41.3. The predicted octanol–water partition coefficient (Wildman–Crippen LogP) is 35.6. The van der Waals surface area contributed by atoms with Gasteiger partial charge in [0.25, 0.3) is 0 Å². The second-order valence-corrected chi connectivity index (χ2v) is 51.4. The topological polar surface area (TPSA) is 18.5 Å². The van der Waals surface area contributed by atoms with Crippen LogP contribution < -0.4 is 4.74 Å². The summed E-state index contributed by atoms with van der Waals surface area (Å²) in [5, 5.41) is 7.90. The first-order valence-corrected chi connectivity index (χ1v) is 55.5. The molecule has 2 nitrogen and oxygen atoms in total. The number of aryl methyl sites for hydroxylation is 2. The lowest BCUT2D eigenvalue weighted by Crippen LogP contribution is -2.49. The average molecular weight is 1900 g/mol. The fourth-order valence-corrected chi connectivity index (χ4v) is 31.5. The van der Waals surface area contributed by atoms with Gasteiger partial charge in [-0.25, -0.2) is 0 Å². The minimum Gasteiger partial charge on any atom is -0.467 e. The van der Waals surface area contributed by atoms with Crippen LogP contribution in [0, 0.1) is 42.9 Å². The van der Waals surface area contributed by atoms with Crippen LogP contribution in [0.3, 0.4) is 0 Å². The van der Waals surface area contributed by atoms with E-state index in [-0.39, 0.29) is 76.1 Å². The van der Waals surface area contributed by atoms with Crippen molar-refractivity contribution < 1.29 is 9.47 Å². The van der Waals surface area contributed by atoms with Crippen molar-refractivity contribution in [2.75, 3.05) is 6.79 Å². The SMILES string of the molecule is CC(C)(C)C1=CC=C([S+](c2ccc(C(C)(C)C)cc2)c2ccc(C(C)(C)C)cc2)CC1.CC(C)(C)c1ccc([S+](c2ccccc2)c2ccccc2)cc1.Cc1cc([S+](c2ccccc2)c2ccccc2)cc(C)c1OCOC1C2CC3CC(C2)CC1C3.c1ccc([S+](c2cccc3ccccc23)c2cccc3ccccc23)cc1.c1ccc([S+](c2ccccc2)c2cccc3ccccc23)cc1. The van der Waals surface area contributed by atoms with Crippen molar-refractivity contribution >= 4 is 86.8 Å². The van der Waals surface area contributed by atoms with E-state index in [1.807, 2.05) is 0 Å². The molecule has 0 atom stereocenters. The van der Waals surface area contributed by atoms with E-state index >= 15 is 0 Å². The highest BCUT2D eigenvalue weighted by molar-refractivity contribution is 8.00. The van der Waals surface area contributed by atoms with Gasteiger partial charge in [0.1, 0.15) is 21.5 Å². The average Bonchev–Trinajstić information content (AvgIpc) is 0.752. The standard InChI is InChI=1S/C31H35O2S.C30H41S.C26H19S.C22H17S.C22H23S/c1-21-13-29(34(27-9-5-3-6-10-27)28-11-7-4-8-12-28)14-22(2)30(21)32-20-33-31-25-16-23-15-24(18-25)19-26(31)17-23;1-28(2,3)22-10-16-25(17-11-22)31(26-18-12-23(13-19-26)29(4,5)6)27-20-14-24(15-21-27)30(7,8)9;1-2-14-22(15-3-1)27(25-18-8-12-20-10-4-6-16-23(20)25)26-19-9-13-21-11-5-7-17-24(21)26;1-3-12-19(13-4-1)23(20-14-5-2-6-15-20)22-17-9-11-18-10-7-8-16-21(18)22;1-22(2,3)18-14-16-21(17-15-18)23(19-10-6-4-7-11-19)20-12-8-5-9-13-20/h3-14,23-26,31H,15-20H2,1-2H3;10-14,16-20H,15,21H2,1-9H3;1-19H;1-17H;4-17H,1-3H3/q5*+1. The Morgan fingerprint density at radius 2 is 0.522 bits per heavy atom. The lowest BCUT2D eigenvalue weighted by molar-refractivity contribution is -0.155. The van der Waals surface area contributed by atoms with Crippen LogP contribution in [0.4, 0.5) is 0 Å². The number of rotatable bonds is 19. The molecule has 5 aliphatic rings. The van der Waals surface area contributed by atoms with Crippen molar-refractivity contribution in [2.45, 2.75) is 233 Å². The summed E-state index contributed by atoms with van der Waals surface area (Å²) in [5.74, 6) is 4.47. The smallest absolute Gasteiger partial charge is 0.189 e. The third-order valence-corrected chi connectivity index (χ3v) is 38.6. The third kappa shape index (κ3) is 24.0. The van der Waals surface area contributed by atoms with Gasteiger partial charge in [-0.3, -0.25) is 0 Å². The van der Waals surface area contributed by atoms with Crippen LogP contribution in [0.15, 0.2) is 516 Å². The summed E-state index contributed by atoms with van der Waals surface area (Å²) in [6.07, 6.45) is 14.5. The number of hydrogen-bond acceptors (Lipinski definition) is 2. The minimum absolute atomic E-state index is 0.0330. The van der Waals surface area contributed by atoms with Crippen LogP contribution in [0.2, 0.25) is 0 Å². The van der Waals surface area contributed by atoms with Crippen LogP contribution in [-0.2, 0) is 75.5 Å². The number of hydrogen-bond donors (Lipinski definition) is 0. The summed E-state index contributed by atoms with van der Waals surface area (Å²) in [4.78, 5) is 20.7. The third-order valence-electron chi connectivity index (χ3n) is 27.2. The molecule has 696 valence electrons. The molecule has 138 heavy (non-hydrogen) atoms. The molecule has 0 spiro atoms. The minimum atomic E-state index is -0.164. The van der Waals surface area contributed by atoms with Gasteiger partial charge >= 0.3 is 0 Å². The van der Waals surface area contributed by atoms with E-state index < -0.39 is 0 Å². The molecule has 0 radical (unpaired) electrons. The highest BCUT2D eigenvalue weighted by Gasteiger charge is 2.49. The molecular formula is C131H135O2S5+5. The summed E-state index contributed by atoms with van der Waals surface area (Å²) in [7, 11) is -0.478. The van der Waals surface area contributed by atoms with Crippen LogP contribution >= 0.6 is 0 Å². The normalized spacial score (nSPS) is 16.2. The summed E-state index contributed by atoms with van der Waals surface area (Å²) in [5.41, 5.74) is 8.92. The maximum atomic E-state index is 6.43. The molecule has 17 aromatic carbocycles. The van der Waals surface area contributed by atoms with Gasteiger partial charge in [0.2, 0.25) is 0 Å². The summed E-state index contributed by atoms with van der Waals surface area (Å²) >= 11 is 0. The highest BCUT2D eigenvalue weighted by atomic mass is 32.2. The molecule has 0 heterocycles. The number of allylic oxidation sites excluding steroid dienone is 4. The molecule has 0 aliphatic heterocycles. The van der Waals surface area contributed by atoms with Crippen LogP contribution in [0.1, 0.15) is 156 Å². The van der Waals surface area contributed by atoms with Gasteiger partial charge < -0.3 is 9.47 Å². The molecule has 22 rings (SSSR count). The van der Waals surface area contributed by atoms with E-state index in [4.69, 9.17) is 9.47 Å². The van der Waals surface area contributed by atoms with E-state index in [9.17, 15) is 0 Å². The molecule has 0 amide bonds. The van der Waals surface area contributed by atoms with Gasteiger partial charge in [-0.2, -0.15) is 0 Å². The first-order valence-electron chi connectivity index (χ1n) is 49.4. The van der Waals surface area contributed by atoms with E-state index in [1.54, 1.807) is 10.5 Å². The van der Waals surface area contributed by atoms with Crippen LogP contribution in [0.5, 0.6) is 5.75 Å². The molecule has 4 fully saturated rings. The van der Waals surface area contributed by atoms with Crippen molar-refractivity contribution in [3.8, 4) is 5.75 Å². The monoisotopic (exact) mass is 1900 g/mol. The van der Waals surface area contributed by atoms with Gasteiger partial charge in [0.15, 0.2) is 75.3 Å². The van der Waals surface area contributed by atoms with E-state index in [0.717, 1.165) is 35.8 Å². The first kappa shape index (κ1) is 98.1. The molecule has 17 aromatic rings. The van der Waals surface area contributed by atoms with Crippen molar-refractivity contribution in [3.63, 3.8) is 0 Å². The van der Waals surface area contributed by atoms with Gasteiger partial charge in [-0.1, -0.05) is 350 Å². The van der Waals surface area contributed by atoms with Gasteiger partial charge in [-0.15, -0.1) is 0 Å². The van der Waals surface area contributed by atoms with Crippen molar-refractivity contribution in [2.24, 2.45) is 29.1 Å². The lowest BCUT2D eigenvalue weighted by Gasteiger charge is -2.53. The summed E-state index contributed by atoms with van der Waals surface area (Å²) < 4.78 is 12.7. The molecular weight excluding hydrogens is 1770 g/mol. The van der Waals surface area contributed by atoms with Gasteiger partial charge in [-0.05, 0) is 305 Å². The largest absolute Gasteiger partial charge is 0.467 e.